The lowest BCUT2D eigenvalue weighted by Gasteiger charge is -2.38. The van der Waals surface area contributed by atoms with Crippen LogP contribution in [0.3, 0.4) is 0 Å². The van der Waals surface area contributed by atoms with Gasteiger partial charge in [0.2, 0.25) is 11.8 Å². The molecule has 1 spiro atoms. The van der Waals surface area contributed by atoms with E-state index in [1.54, 1.807) is 67.6 Å². The first-order valence-electron chi connectivity index (χ1n) is 16.6. The molecule has 2 N–H and O–H groups in total. The second-order valence-electron chi connectivity index (χ2n) is 12.9. The quantitative estimate of drug-likeness (QED) is 0.146. The number of likely N-dealkylation sites (tertiary alicyclic amines) is 1. The second kappa shape index (κ2) is 16.2. The molecule has 3 aliphatic rings. The molecule has 0 aromatic heterocycles. The van der Waals surface area contributed by atoms with Gasteiger partial charge in [0.1, 0.15) is 17.7 Å². The number of allylic oxidation sites excluding steroid dienone is 1. The van der Waals surface area contributed by atoms with Gasteiger partial charge >= 0.3 is 5.97 Å². The van der Waals surface area contributed by atoms with E-state index < -0.39 is 77.0 Å². The molecule has 268 valence electrons. The summed E-state index contributed by atoms with van der Waals surface area (Å²) in [5.74, 6) is -4.15. The van der Waals surface area contributed by atoms with Gasteiger partial charge in [0.25, 0.3) is 5.91 Å². The number of hydrogen-bond acceptors (Lipinski definition) is 8. The molecule has 2 bridgehead atoms. The zero-order valence-electron chi connectivity index (χ0n) is 28.1. The highest BCUT2D eigenvalue weighted by atomic mass is 79.9. The van der Waals surface area contributed by atoms with Gasteiger partial charge in [-0.15, -0.1) is 13.2 Å². The van der Waals surface area contributed by atoms with Gasteiger partial charge in [-0.2, -0.15) is 0 Å². The van der Waals surface area contributed by atoms with E-state index in [0.29, 0.717) is 22.7 Å². The van der Waals surface area contributed by atoms with Crippen molar-refractivity contribution in [1.82, 2.24) is 10.2 Å². The molecule has 11 nitrogen and oxygen atoms in total. The molecule has 5 rings (SSSR count). The van der Waals surface area contributed by atoms with Crippen molar-refractivity contribution in [3.63, 3.8) is 0 Å². The number of esters is 1. The Morgan fingerprint density at radius 3 is 2.52 bits per heavy atom. The Kier molecular flexibility index (Phi) is 12.2. The normalized spacial score (nSPS) is 26.9. The Bertz CT molecular complexity index is 1600. The number of amides is 3. The number of nitrogens with one attached hydrogen (secondary N) is 1. The predicted molar refractivity (Wildman–Crippen MR) is 192 cm³/mol. The summed E-state index contributed by atoms with van der Waals surface area (Å²) in [6.45, 7) is 8.83. The molecule has 3 fully saturated rings. The zero-order chi connectivity index (χ0) is 36.2. The first kappa shape index (κ1) is 37.7. The van der Waals surface area contributed by atoms with Crippen molar-refractivity contribution in [3.8, 4) is 0 Å². The number of carbonyl (C=O) groups is 4. The first-order valence-corrected chi connectivity index (χ1v) is 17.9. The van der Waals surface area contributed by atoms with Crippen molar-refractivity contribution < 1.29 is 38.5 Å². The van der Waals surface area contributed by atoms with Crippen LogP contribution in [0, 0.1) is 11.8 Å². The van der Waals surface area contributed by atoms with E-state index in [4.69, 9.17) is 25.8 Å². The maximum absolute atomic E-state index is 14.7. The van der Waals surface area contributed by atoms with Crippen LogP contribution in [0.2, 0.25) is 5.02 Å². The molecule has 0 aliphatic carbocycles. The van der Waals surface area contributed by atoms with Crippen molar-refractivity contribution in [3.05, 3.63) is 90.5 Å². The fraction of sp³-hybridized carbons (Fsp3) is 0.459. The summed E-state index contributed by atoms with van der Waals surface area (Å²) in [7, 11) is 1.49. The van der Waals surface area contributed by atoms with Gasteiger partial charge in [-0.3, -0.25) is 19.2 Å². The summed E-state index contributed by atoms with van der Waals surface area (Å²) in [5, 5.41) is 13.6. The monoisotopic (exact) mass is 771 g/mol. The molecule has 3 saturated heterocycles. The largest absolute Gasteiger partial charge is 0.455 e. The topological polar surface area (TPSA) is 135 Å². The Labute approximate surface area is 305 Å². The number of benzene rings is 2. The fourth-order valence-corrected chi connectivity index (χ4v) is 8.74. The molecule has 3 aliphatic heterocycles. The third-order valence-corrected chi connectivity index (χ3v) is 10.9. The lowest BCUT2D eigenvalue weighted by Crippen LogP contribution is -2.58. The van der Waals surface area contributed by atoms with Crippen molar-refractivity contribution in [2.24, 2.45) is 11.8 Å². The zero-order valence-corrected chi connectivity index (χ0v) is 30.4. The summed E-state index contributed by atoms with van der Waals surface area (Å²) in [6.07, 6.45) is 2.32. The first-order chi connectivity index (χ1) is 24.0. The highest BCUT2D eigenvalue weighted by Gasteiger charge is 2.77. The van der Waals surface area contributed by atoms with Crippen molar-refractivity contribution in [2.75, 3.05) is 31.8 Å². The molecule has 2 aromatic carbocycles. The van der Waals surface area contributed by atoms with Crippen LogP contribution >= 0.6 is 27.5 Å². The summed E-state index contributed by atoms with van der Waals surface area (Å²) in [5.41, 5.74) is -0.387. The highest BCUT2D eigenvalue weighted by Crippen LogP contribution is 2.61. The number of nitrogens with zero attached hydrogens (tertiary/aromatic N) is 2. The maximum atomic E-state index is 14.7. The van der Waals surface area contributed by atoms with Crippen LogP contribution < -0.4 is 10.2 Å². The van der Waals surface area contributed by atoms with Gasteiger partial charge in [0.15, 0.2) is 0 Å². The molecule has 0 saturated carbocycles. The van der Waals surface area contributed by atoms with Gasteiger partial charge in [0.05, 0.1) is 53.9 Å². The smallest absolute Gasteiger partial charge is 0.313 e. The van der Waals surface area contributed by atoms with Gasteiger partial charge in [-0.05, 0) is 37.5 Å². The van der Waals surface area contributed by atoms with Crippen molar-refractivity contribution in [1.29, 1.82) is 0 Å². The van der Waals surface area contributed by atoms with Crippen LogP contribution in [-0.4, -0.2) is 95.2 Å². The Morgan fingerprint density at radius 2 is 1.88 bits per heavy atom. The van der Waals surface area contributed by atoms with Gasteiger partial charge < -0.3 is 34.4 Å². The number of alkyl halides is 1. The van der Waals surface area contributed by atoms with Crippen LogP contribution in [0.15, 0.2) is 79.9 Å². The van der Waals surface area contributed by atoms with Gasteiger partial charge in [0, 0.05) is 24.9 Å². The molecular weight excluding hydrogens is 730 g/mol. The van der Waals surface area contributed by atoms with Crippen LogP contribution in [-0.2, 0) is 33.4 Å². The van der Waals surface area contributed by atoms with Crippen molar-refractivity contribution >= 4 is 56.9 Å². The molecule has 2 aromatic rings. The number of rotatable bonds is 16. The number of methoxy groups -OCH3 is 1. The average Bonchev–Trinajstić information content (AvgIpc) is 3.71. The van der Waals surface area contributed by atoms with E-state index in [2.05, 4.69) is 34.4 Å². The third-order valence-electron chi connectivity index (χ3n) is 9.70. The number of anilines is 1. The number of aliphatic hydroxyl groups is 1. The van der Waals surface area contributed by atoms with Crippen LogP contribution in [0.4, 0.5) is 5.69 Å². The minimum absolute atomic E-state index is 0.0319. The molecule has 0 radical (unpaired) electrons. The average molecular weight is 773 g/mol. The lowest BCUT2D eigenvalue weighted by atomic mass is 9.70. The number of para-hydroxylation sites is 1. The Morgan fingerprint density at radius 1 is 1.18 bits per heavy atom. The van der Waals surface area contributed by atoms with Gasteiger partial charge in [-0.1, -0.05) is 82.1 Å². The minimum atomic E-state index is -1.42. The maximum Gasteiger partial charge on any atom is 0.313 e. The fourth-order valence-electron chi connectivity index (χ4n) is 7.56. The van der Waals surface area contributed by atoms with E-state index in [1.165, 1.54) is 16.9 Å². The van der Waals surface area contributed by atoms with Crippen molar-refractivity contribution in [2.45, 2.75) is 66.9 Å². The molecule has 13 heteroatoms. The second-order valence-corrected chi connectivity index (χ2v) is 14.4. The summed E-state index contributed by atoms with van der Waals surface area (Å²) < 4.78 is 18.4. The SMILES string of the molecule is C=CCCC(=O)N[C@H](COC)[C@H](OC(=O)[C@@H]1[C@H]2O[C@@]3(CC2Br)[C@H](C(=O)N(CC=C)c2ccccc2Cl)N([C@H](C)CO)C(=O)[C@@H]13)c1ccccc1. The molecule has 3 amide bonds. The number of carbonyl (C=O) groups excluding carboxylic acids is 4. The third kappa shape index (κ3) is 7.01. The van der Waals surface area contributed by atoms with E-state index in [9.17, 15) is 24.3 Å². The summed E-state index contributed by atoms with van der Waals surface area (Å²) >= 11 is 10.2. The standard InChI is InChI=1S/C37H43BrClN3O8/c1-5-7-17-28(44)40-26(21-48-4)31(23-13-9-8-10-14-23)49-36(47)29-30-34(45)42(22(3)20-43)33(37(30)19-24(38)32(29)50-37)35(46)41(18-6-2)27-16-12-11-15-25(27)39/h5-6,8-16,22,24,26,29-33,43H,1-2,7,17-21H2,3-4H3,(H,40,44)/t22-,24?,26-,29+,30-,31-,32+,33+,37-/m1/s1. The lowest BCUT2D eigenvalue weighted by molar-refractivity contribution is -0.163. The molecule has 50 heavy (non-hydrogen) atoms. The molecule has 3 heterocycles. The molecular formula is C37H43BrClN3O8. The van der Waals surface area contributed by atoms with E-state index in [-0.39, 0.29) is 31.9 Å². The van der Waals surface area contributed by atoms with E-state index in [0.717, 1.165) is 0 Å². The number of halogens is 2. The number of aliphatic hydroxyl groups excluding tert-OH is 1. The summed E-state index contributed by atoms with van der Waals surface area (Å²) in [6, 6.07) is 13.1. The minimum Gasteiger partial charge on any atom is -0.455 e. The Hall–Kier alpha value is -3.55. The van der Waals surface area contributed by atoms with E-state index in [1.807, 2.05) is 6.07 Å². The van der Waals surface area contributed by atoms with Crippen LogP contribution in [0.5, 0.6) is 0 Å². The molecule has 9 atom stereocenters. The van der Waals surface area contributed by atoms with Gasteiger partial charge in [-0.25, -0.2) is 0 Å². The van der Waals surface area contributed by atoms with Crippen LogP contribution in [0.25, 0.3) is 0 Å². The number of hydrogen-bond donors (Lipinski definition) is 2. The van der Waals surface area contributed by atoms with Crippen LogP contribution in [0.1, 0.15) is 37.9 Å². The number of ether oxygens (including phenoxy) is 3. The Balaban J connectivity index is 1.53. The summed E-state index contributed by atoms with van der Waals surface area (Å²) in [4.78, 5) is 59.0. The highest BCUT2D eigenvalue weighted by molar-refractivity contribution is 9.09. The predicted octanol–water partition coefficient (Wildman–Crippen LogP) is 4.37. The molecule has 1 unspecified atom stereocenters. The number of fused-ring (bicyclic) bond motifs is 1. The van der Waals surface area contributed by atoms with E-state index >= 15 is 0 Å².